The number of hydrogen-bond acceptors (Lipinski definition) is 3. The highest BCUT2D eigenvalue weighted by Gasteiger charge is 2.35. The molecule has 1 aromatic rings. The van der Waals surface area contributed by atoms with Crippen LogP contribution in [0.2, 0.25) is 0 Å². The summed E-state index contributed by atoms with van der Waals surface area (Å²) in [4.78, 5) is 17.5. The van der Waals surface area contributed by atoms with Crippen molar-refractivity contribution in [2.24, 2.45) is 10.9 Å². The highest BCUT2D eigenvalue weighted by Crippen LogP contribution is 2.41. The van der Waals surface area contributed by atoms with Gasteiger partial charge in [-0.1, -0.05) is 25.3 Å². The molecule has 0 atom stereocenters. The number of halogens is 1. The van der Waals surface area contributed by atoms with Gasteiger partial charge in [-0.3, -0.25) is 9.79 Å². The third-order valence-electron chi connectivity index (χ3n) is 5.34. The number of amides is 1. The van der Waals surface area contributed by atoms with Crippen molar-refractivity contribution in [3.63, 3.8) is 0 Å². The maximum absolute atomic E-state index is 11.6. The molecule has 1 aromatic heterocycles. The van der Waals surface area contributed by atoms with Gasteiger partial charge < -0.3 is 16.0 Å². The minimum atomic E-state index is 0. The van der Waals surface area contributed by atoms with Gasteiger partial charge in [0.1, 0.15) is 0 Å². The van der Waals surface area contributed by atoms with Gasteiger partial charge in [0.15, 0.2) is 5.96 Å². The highest BCUT2D eigenvalue weighted by molar-refractivity contribution is 14.0. The number of carbonyl (C=O) groups is 1. The SMILES string of the molecule is CN=C(NCCNC(=O)C1CC1)NCC1(c2cccs2)CCCCC1.I. The van der Waals surface area contributed by atoms with Crippen LogP contribution in [0.4, 0.5) is 0 Å². The largest absolute Gasteiger partial charge is 0.355 e. The molecule has 2 fully saturated rings. The van der Waals surface area contributed by atoms with Crippen molar-refractivity contribution in [3.05, 3.63) is 22.4 Å². The number of aliphatic imine (C=N–C) groups is 1. The number of thiophene rings is 1. The van der Waals surface area contributed by atoms with Crippen LogP contribution in [0.25, 0.3) is 0 Å². The number of nitrogens with one attached hydrogen (secondary N) is 3. The van der Waals surface area contributed by atoms with Gasteiger partial charge in [-0.15, -0.1) is 35.3 Å². The van der Waals surface area contributed by atoms with E-state index in [1.807, 2.05) is 11.3 Å². The molecule has 7 heteroatoms. The van der Waals surface area contributed by atoms with Crippen molar-refractivity contribution in [3.8, 4) is 0 Å². The molecule has 5 nitrogen and oxygen atoms in total. The average molecular weight is 490 g/mol. The Bertz CT molecular complexity index is 580. The predicted octanol–water partition coefficient (Wildman–Crippen LogP) is 3.26. The van der Waals surface area contributed by atoms with Gasteiger partial charge >= 0.3 is 0 Å². The zero-order chi connectivity index (χ0) is 17.5. The number of guanidine groups is 1. The summed E-state index contributed by atoms with van der Waals surface area (Å²) >= 11 is 1.87. The molecular weight excluding hydrogens is 459 g/mol. The molecule has 2 saturated carbocycles. The van der Waals surface area contributed by atoms with E-state index in [1.54, 1.807) is 7.05 Å². The second-order valence-corrected chi connectivity index (χ2v) is 8.18. The zero-order valence-corrected chi connectivity index (χ0v) is 18.7. The Morgan fingerprint density at radius 3 is 2.54 bits per heavy atom. The summed E-state index contributed by atoms with van der Waals surface area (Å²) in [7, 11) is 1.80. The van der Waals surface area contributed by atoms with E-state index in [1.165, 1.54) is 37.0 Å². The summed E-state index contributed by atoms with van der Waals surface area (Å²) in [6.07, 6.45) is 8.54. The lowest BCUT2D eigenvalue weighted by molar-refractivity contribution is -0.122. The molecule has 146 valence electrons. The lowest BCUT2D eigenvalue weighted by Crippen LogP contribution is -2.47. The van der Waals surface area contributed by atoms with E-state index < -0.39 is 0 Å². The van der Waals surface area contributed by atoms with Gasteiger partial charge in [0.2, 0.25) is 5.91 Å². The summed E-state index contributed by atoms with van der Waals surface area (Å²) in [6.45, 7) is 2.26. The Balaban J connectivity index is 0.00000243. The zero-order valence-electron chi connectivity index (χ0n) is 15.6. The maximum Gasteiger partial charge on any atom is 0.223 e. The number of nitrogens with zero attached hydrogens (tertiary/aromatic N) is 1. The first-order valence-corrected chi connectivity index (χ1v) is 10.4. The quantitative estimate of drug-likeness (QED) is 0.238. The predicted molar refractivity (Wildman–Crippen MR) is 120 cm³/mol. The number of hydrogen-bond donors (Lipinski definition) is 3. The molecule has 0 aliphatic heterocycles. The molecule has 0 aromatic carbocycles. The fourth-order valence-corrected chi connectivity index (χ4v) is 4.64. The van der Waals surface area contributed by atoms with E-state index in [2.05, 4.69) is 38.5 Å². The molecule has 26 heavy (non-hydrogen) atoms. The normalized spacial score (nSPS) is 19.3. The van der Waals surface area contributed by atoms with Crippen LogP contribution in [0.1, 0.15) is 49.8 Å². The molecule has 0 bridgehead atoms. The first kappa shape index (κ1) is 21.5. The molecule has 0 spiro atoms. The van der Waals surface area contributed by atoms with Gasteiger partial charge in [0, 0.05) is 42.9 Å². The van der Waals surface area contributed by atoms with Crippen LogP contribution in [0.3, 0.4) is 0 Å². The summed E-state index contributed by atoms with van der Waals surface area (Å²) in [6, 6.07) is 4.44. The van der Waals surface area contributed by atoms with Crippen molar-refractivity contribution in [1.29, 1.82) is 0 Å². The molecule has 0 saturated heterocycles. The Labute approximate surface area is 177 Å². The lowest BCUT2D eigenvalue weighted by Gasteiger charge is -2.37. The van der Waals surface area contributed by atoms with Crippen molar-refractivity contribution in [2.75, 3.05) is 26.7 Å². The molecule has 0 unspecified atom stereocenters. The first-order valence-electron chi connectivity index (χ1n) is 9.50. The molecular formula is C19H31IN4OS. The van der Waals surface area contributed by atoms with Gasteiger partial charge in [-0.25, -0.2) is 0 Å². The fourth-order valence-electron chi connectivity index (χ4n) is 3.65. The van der Waals surface area contributed by atoms with Crippen molar-refractivity contribution < 1.29 is 4.79 Å². The van der Waals surface area contributed by atoms with E-state index >= 15 is 0 Å². The van der Waals surface area contributed by atoms with Gasteiger partial charge in [-0.2, -0.15) is 0 Å². The van der Waals surface area contributed by atoms with E-state index in [0.29, 0.717) is 13.1 Å². The van der Waals surface area contributed by atoms with Crippen LogP contribution in [0.15, 0.2) is 22.5 Å². The monoisotopic (exact) mass is 490 g/mol. The van der Waals surface area contributed by atoms with Crippen LogP contribution in [0, 0.1) is 5.92 Å². The molecule has 3 N–H and O–H groups in total. The van der Waals surface area contributed by atoms with Gasteiger partial charge in [0.05, 0.1) is 0 Å². The Hall–Kier alpha value is -0.830. The molecule has 1 amide bonds. The molecule has 2 aliphatic rings. The maximum atomic E-state index is 11.6. The van der Waals surface area contributed by atoms with Crippen LogP contribution < -0.4 is 16.0 Å². The minimum absolute atomic E-state index is 0. The van der Waals surface area contributed by atoms with Crippen molar-refractivity contribution in [2.45, 2.75) is 50.4 Å². The van der Waals surface area contributed by atoms with Gasteiger partial charge in [0.25, 0.3) is 0 Å². The Kier molecular flexibility index (Phi) is 8.66. The first-order chi connectivity index (χ1) is 12.2. The number of carbonyl (C=O) groups excluding carboxylic acids is 1. The molecule has 0 radical (unpaired) electrons. The minimum Gasteiger partial charge on any atom is -0.355 e. The third-order valence-corrected chi connectivity index (χ3v) is 6.45. The second-order valence-electron chi connectivity index (χ2n) is 7.24. The standard InChI is InChI=1S/C19H30N4OS.HI/c1-20-18(22-12-11-21-17(24)15-7-8-15)23-14-19(9-3-2-4-10-19)16-6-5-13-25-16;/h5-6,13,15H,2-4,7-12,14H2,1H3,(H,21,24)(H2,20,22,23);1H. The lowest BCUT2D eigenvalue weighted by atomic mass is 9.73. The smallest absolute Gasteiger partial charge is 0.223 e. The van der Waals surface area contributed by atoms with Crippen LogP contribution in [-0.2, 0) is 10.2 Å². The second kappa shape index (κ2) is 10.5. The summed E-state index contributed by atoms with van der Waals surface area (Å²) in [5, 5.41) is 12.0. The topological polar surface area (TPSA) is 65.5 Å². The van der Waals surface area contributed by atoms with Crippen molar-refractivity contribution >= 4 is 47.2 Å². The average Bonchev–Trinajstić information content (AvgIpc) is 3.35. The Morgan fingerprint density at radius 1 is 1.19 bits per heavy atom. The van der Waals surface area contributed by atoms with E-state index in [4.69, 9.17) is 0 Å². The molecule has 1 heterocycles. The van der Waals surface area contributed by atoms with Crippen LogP contribution in [-0.4, -0.2) is 38.5 Å². The number of rotatable bonds is 7. The molecule has 2 aliphatic carbocycles. The van der Waals surface area contributed by atoms with Crippen LogP contribution in [0.5, 0.6) is 0 Å². The van der Waals surface area contributed by atoms with Crippen molar-refractivity contribution in [1.82, 2.24) is 16.0 Å². The van der Waals surface area contributed by atoms with Crippen LogP contribution >= 0.6 is 35.3 Å². The molecule has 3 rings (SSSR count). The van der Waals surface area contributed by atoms with E-state index in [0.717, 1.165) is 25.3 Å². The third kappa shape index (κ3) is 5.84. The summed E-state index contributed by atoms with van der Waals surface area (Å²) in [5.41, 5.74) is 0.240. The fraction of sp³-hybridized carbons (Fsp3) is 0.684. The van der Waals surface area contributed by atoms with E-state index in [-0.39, 0.29) is 41.2 Å². The van der Waals surface area contributed by atoms with E-state index in [9.17, 15) is 4.79 Å². The highest BCUT2D eigenvalue weighted by atomic mass is 127. The summed E-state index contributed by atoms with van der Waals surface area (Å²) in [5.74, 6) is 1.29. The summed E-state index contributed by atoms with van der Waals surface area (Å²) < 4.78 is 0. The Morgan fingerprint density at radius 2 is 1.92 bits per heavy atom. The van der Waals surface area contributed by atoms with Gasteiger partial charge in [-0.05, 0) is 37.1 Å².